The minimum absolute atomic E-state index is 0. The van der Waals surface area contributed by atoms with E-state index in [4.69, 9.17) is 10.5 Å². The van der Waals surface area contributed by atoms with Gasteiger partial charge in [0.05, 0.1) is 12.6 Å². The van der Waals surface area contributed by atoms with Crippen LogP contribution in [0.1, 0.15) is 52.1 Å². The molecule has 0 aromatic heterocycles. The summed E-state index contributed by atoms with van der Waals surface area (Å²) in [4.78, 5) is 16.2. The fourth-order valence-corrected chi connectivity index (χ4v) is 2.20. The lowest BCUT2D eigenvalue weighted by atomic mass is 10.1. The number of rotatable bonds is 9. The summed E-state index contributed by atoms with van der Waals surface area (Å²) < 4.78 is 5.42. The van der Waals surface area contributed by atoms with Gasteiger partial charge in [-0.05, 0) is 51.8 Å². The third-order valence-electron chi connectivity index (χ3n) is 3.35. The van der Waals surface area contributed by atoms with E-state index in [0.717, 1.165) is 11.3 Å². The summed E-state index contributed by atoms with van der Waals surface area (Å²) in [6.45, 7) is 9.10. The van der Waals surface area contributed by atoms with Crippen LogP contribution in [0.3, 0.4) is 0 Å². The van der Waals surface area contributed by atoms with Crippen molar-refractivity contribution in [1.82, 2.24) is 10.6 Å². The van der Waals surface area contributed by atoms with Crippen LogP contribution in [0.5, 0.6) is 5.75 Å². The van der Waals surface area contributed by atoms with Crippen molar-refractivity contribution < 1.29 is 9.53 Å². The molecule has 142 valence electrons. The maximum atomic E-state index is 12.0. The van der Waals surface area contributed by atoms with Crippen molar-refractivity contribution in [3.8, 4) is 5.75 Å². The molecule has 0 bridgehead atoms. The van der Waals surface area contributed by atoms with Gasteiger partial charge in [0.1, 0.15) is 5.75 Å². The van der Waals surface area contributed by atoms with Gasteiger partial charge in [0.25, 0.3) is 0 Å². The molecule has 0 saturated carbocycles. The van der Waals surface area contributed by atoms with Crippen LogP contribution < -0.4 is 21.1 Å². The van der Waals surface area contributed by atoms with Crippen LogP contribution in [0.2, 0.25) is 0 Å². The molecule has 0 heterocycles. The van der Waals surface area contributed by atoms with Gasteiger partial charge in [-0.1, -0.05) is 12.1 Å². The fraction of sp³-hybridized carbons (Fsp3) is 0.556. The number of ether oxygens (including phenoxy) is 1. The summed E-state index contributed by atoms with van der Waals surface area (Å²) in [6, 6.07) is 8.00. The molecule has 1 aromatic carbocycles. The van der Waals surface area contributed by atoms with E-state index in [9.17, 15) is 4.79 Å². The second-order valence-electron chi connectivity index (χ2n) is 5.96. The minimum Gasteiger partial charge on any atom is -0.494 e. The molecule has 25 heavy (non-hydrogen) atoms. The zero-order valence-corrected chi connectivity index (χ0v) is 17.9. The van der Waals surface area contributed by atoms with Crippen LogP contribution in [0.4, 0.5) is 0 Å². The third kappa shape index (κ3) is 10.2. The molecule has 1 amide bonds. The van der Waals surface area contributed by atoms with Crippen LogP contribution >= 0.6 is 24.0 Å². The maximum Gasteiger partial charge on any atom is 0.220 e. The average molecular weight is 462 g/mol. The summed E-state index contributed by atoms with van der Waals surface area (Å²) in [5.74, 6) is 1.28. The maximum absolute atomic E-state index is 12.0. The number of benzene rings is 1. The summed E-state index contributed by atoms with van der Waals surface area (Å²) >= 11 is 0. The molecule has 7 heteroatoms. The highest BCUT2D eigenvalue weighted by atomic mass is 127. The standard InChI is InChI=1S/C18H30N4O2.HI/c1-5-24-16-10-8-15(9-11-16)14(4)22-17(23)7-6-12-20-18(19)21-13(2)3;/h8-11,13-14H,5-7,12H2,1-4H3,(H,22,23)(H3,19,20,21);1H. The SMILES string of the molecule is CCOc1ccc(C(C)NC(=O)CCCN=C(N)NC(C)C)cc1.I. The van der Waals surface area contributed by atoms with E-state index in [-0.39, 0.29) is 42.0 Å². The van der Waals surface area contributed by atoms with Gasteiger partial charge in [0.15, 0.2) is 5.96 Å². The number of halogens is 1. The Labute approximate surface area is 168 Å². The van der Waals surface area contributed by atoms with Gasteiger partial charge in [-0.2, -0.15) is 0 Å². The lowest BCUT2D eigenvalue weighted by Crippen LogP contribution is -2.36. The molecular weight excluding hydrogens is 431 g/mol. The molecule has 0 spiro atoms. The van der Waals surface area contributed by atoms with Crippen molar-refractivity contribution in [2.24, 2.45) is 10.7 Å². The molecule has 1 unspecified atom stereocenters. The molecule has 0 aliphatic heterocycles. The molecule has 6 nitrogen and oxygen atoms in total. The molecule has 0 fully saturated rings. The summed E-state index contributed by atoms with van der Waals surface area (Å²) in [5.41, 5.74) is 6.76. The Morgan fingerprint density at radius 3 is 2.40 bits per heavy atom. The highest BCUT2D eigenvalue weighted by molar-refractivity contribution is 14.0. The van der Waals surface area contributed by atoms with Gasteiger partial charge in [-0.3, -0.25) is 9.79 Å². The molecule has 4 N–H and O–H groups in total. The molecule has 1 aromatic rings. The Balaban J connectivity index is 0.00000576. The molecule has 0 radical (unpaired) electrons. The molecule has 0 aliphatic rings. The van der Waals surface area contributed by atoms with Crippen molar-refractivity contribution in [1.29, 1.82) is 0 Å². The number of hydrogen-bond donors (Lipinski definition) is 3. The number of hydrogen-bond acceptors (Lipinski definition) is 3. The second kappa shape index (κ2) is 12.8. The Kier molecular flexibility index (Phi) is 12.0. The predicted molar refractivity (Wildman–Crippen MR) is 114 cm³/mol. The second-order valence-corrected chi connectivity index (χ2v) is 5.96. The van der Waals surface area contributed by atoms with Crippen molar-refractivity contribution in [3.63, 3.8) is 0 Å². The minimum atomic E-state index is -0.0376. The summed E-state index contributed by atoms with van der Waals surface area (Å²) in [7, 11) is 0. The van der Waals surface area contributed by atoms with Crippen molar-refractivity contribution >= 4 is 35.8 Å². The van der Waals surface area contributed by atoms with Crippen molar-refractivity contribution in [2.75, 3.05) is 13.2 Å². The Bertz CT molecular complexity index is 532. The van der Waals surface area contributed by atoms with Gasteiger partial charge in [0.2, 0.25) is 5.91 Å². The topological polar surface area (TPSA) is 88.7 Å². The number of amides is 1. The first-order chi connectivity index (χ1) is 11.4. The van der Waals surface area contributed by atoms with Crippen LogP contribution in [0.25, 0.3) is 0 Å². The number of carbonyl (C=O) groups is 1. The lowest BCUT2D eigenvalue weighted by molar-refractivity contribution is -0.121. The van der Waals surface area contributed by atoms with Crippen molar-refractivity contribution in [3.05, 3.63) is 29.8 Å². The predicted octanol–water partition coefficient (Wildman–Crippen LogP) is 2.97. The summed E-state index contributed by atoms with van der Waals surface area (Å²) in [5, 5.41) is 6.01. The number of guanidine groups is 1. The number of aliphatic imine (C=N–C) groups is 1. The zero-order chi connectivity index (χ0) is 17.9. The van der Waals surface area contributed by atoms with E-state index in [2.05, 4.69) is 15.6 Å². The normalized spacial score (nSPS) is 12.3. The van der Waals surface area contributed by atoms with Gasteiger partial charge >= 0.3 is 0 Å². The number of carbonyl (C=O) groups excluding carboxylic acids is 1. The van der Waals surface area contributed by atoms with Gasteiger partial charge in [0, 0.05) is 19.0 Å². The first-order valence-electron chi connectivity index (χ1n) is 8.51. The fourth-order valence-electron chi connectivity index (χ4n) is 2.20. The van der Waals surface area contributed by atoms with Crippen molar-refractivity contribution in [2.45, 2.75) is 52.6 Å². The Morgan fingerprint density at radius 1 is 1.20 bits per heavy atom. The first kappa shape index (κ1) is 23.5. The van der Waals surface area contributed by atoms with E-state index in [1.54, 1.807) is 0 Å². The zero-order valence-electron chi connectivity index (χ0n) is 15.5. The van der Waals surface area contributed by atoms with Crippen LogP contribution in [0.15, 0.2) is 29.3 Å². The van der Waals surface area contributed by atoms with Crippen LogP contribution in [0, 0.1) is 0 Å². The quantitative estimate of drug-likeness (QED) is 0.228. The van der Waals surface area contributed by atoms with E-state index in [1.807, 2.05) is 52.0 Å². The Hall–Kier alpha value is -1.51. The van der Waals surface area contributed by atoms with Crippen LogP contribution in [-0.4, -0.2) is 31.1 Å². The molecule has 0 aliphatic carbocycles. The third-order valence-corrected chi connectivity index (χ3v) is 3.35. The number of nitrogens with two attached hydrogens (primary N) is 1. The Morgan fingerprint density at radius 2 is 1.84 bits per heavy atom. The summed E-state index contributed by atoms with van der Waals surface area (Å²) in [6.07, 6.45) is 1.10. The van der Waals surface area contributed by atoms with E-state index in [0.29, 0.717) is 32.0 Å². The average Bonchev–Trinajstić information content (AvgIpc) is 2.52. The van der Waals surface area contributed by atoms with Gasteiger partial charge in [-0.15, -0.1) is 24.0 Å². The largest absolute Gasteiger partial charge is 0.494 e. The number of nitrogens with one attached hydrogen (secondary N) is 2. The molecule has 1 rings (SSSR count). The smallest absolute Gasteiger partial charge is 0.220 e. The lowest BCUT2D eigenvalue weighted by Gasteiger charge is -2.15. The molecular formula is C18H31IN4O2. The van der Waals surface area contributed by atoms with E-state index < -0.39 is 0 Å². The molecule has 0 saturated heterocycles. The molecule has 1 atom stereocenters. The highest BCUT2D eigenvalue weighted by Gasteiger charge is 2.09. The monoisotopic (exact) mass is 462 g/mol. The first-order valence-corrected chi connectivity index (χ1v) is 8.51. The van der Waals surface area contributed by atoms with Gasteiger partial charge in [-0.25, -0.2) is 0 Å². The van der Waals surface area contributed by atoms with Crippen LogP contribution in [-0.2, 0) is 4.79 Å². The van der Waals surface area contributed by atoms with E-state index in [1.165, 1.54) is 0 Å². The number of nitrogens with zero attached hydrogens (tertiary/aromatic N) is 1. The highest BCUT2D eigenvalue weighted by Crippen LogP contribution is 2.17. The van der Waals surface area contributed by atoms with Gasteiger partial charge < -0.3 is 21.1 Å². The van der Waals surface area contributed by atoms with E-state index >= 15 is 0 Å².